The minimum Gasteiger partial charge on any atom is -0.466 e. The maximum Gasteiger partial charge on any atom is 0.335 e. The second-order valence-electron chi connectivity index (χ2n) is 5.41. The second-order valence-corrected chi connectivity index (χ2v) is 5.41. The van der Waals surface area contributed by atoms with Gasteiger partial charge in [0.2, 0.25) is 0 Å². The molecule has 0 unspecified atom stereocenters. The van der Waals surface area contributed by atoms with Gasteiger partial charge in [-0.3, -0.25) is 0 Å². The van der Waals surface area contributed by atoms with Gasteiger partial charge in [0.1, 0.15) is 0 Å². The van der Waals surface area contributed by atoms with Gasteiger partial charge in [-0.2, -0.15) is 0 Å². The largest absolute Gasteiger partial charge is 0.466 e. The Balaban J connectivity index is 1.86. The van der Waals surface area contributed by atoms with Crippen molar-refractivity contribution in [1.29, 1.82) is 0 Å². The average Bonchev–Trinajstić information content (AvgIpc) is 2.88. The molecule has 2 rings (SSSR count). The number of aliphatic hydroxyl groups excluding tert-OH is 1. The highest BCUT2D eigenvalue weighted by Crippen LogP contribution is 2.25. The number of hydrogen-bond donors (Lipinski definition) is 3. The summed E-state index contributed by atoms with van der Waals surface area (Å²) in [4.78, 5) is 23.5. The first-order valence-electron chi connectivity index (χ1n) is 7.16. The lowest BCUT2D eigenvalue weighted by atomic mass is 9.93. The van der Waals surface area contributed by atoms with Crippen molar-refractivity contribution in [2.45, 2.75) is 57.1 Å². The van der Waals surface area contributed by atoms with Crippen molar-refractivity contribution in [3.05, 3.63) is 11.3 Å². The van der Waals surface area contributed by atoms with Gasteiger partial charge >= 0.3 is 12.0 Å². The lowest BCUT2D eigenvalue weighted by molar-refractivity contribution is -0.136. The Hall–Kier alpha value is -1.56. The Bertz CT molecular complexity index is 411. The van der Waals surface area contributed by atoms with Crippen molar-refractivity contribution >= 4 is 12.0 Å². The van der Waals surface area contributed by atoms with Crippen LogP contribution < -0.4 is 10.6 Å². The molecule has 0 saturated heterocycles. The summed E-state index contributed by atoms with van der Waals surface area (Å²) in [6.45, 7) is 0. The topological polar surface area (TPSA) is 87.7 Å². The van der Waals surface area contributed by atoms with Crippen molar-refractivity contribution in [3.8, 4) is 0 Å². The predicted molar refractivity (Wildman–Crippen MR) is 72.8 cm³/mol. The highest BCUT2D eigenvalue weighted by Gasteiger charge is 2.25. The molecule has 0 aromatic rings. The number of hydrogen-bond acceptors (Lipinski definition) is 4. The van der Waals surface area contributed by atoms with E-state index in [1.165, 1.54) is 7.11 Å². The average molecular weight is 282 g/mol. The van der Waals surface area contributed by atoms with Crippen molar-refractivity contribution in [2.24, 2.45) is 0 Å². The molecule has 0 heterocycles. The summed E-state index contributed by atoms with van der Waals surface area (Å²) >= 11 is 0. The van der Waals surface area contributed by atoms with Crippen LogP contribution in [0.4, 0.5) is 4.79 Å². The van der Waals surface area contributed by atoms with E-state index in [-0.39, 0.29) is 24.1 Å². The zero-order valence-corrected chi connectivity index (χ0v) is 11.8. The predicted octanol–water partition coefficient (Wildman–Crippen LogP) is 1.20. The van der Waals surface area contributed by atoms with Crippen molar-refractivity contribution in [1.82, 2.24) is 10.6 Å². The number of allylic oxidation sites excluding steroid dienone is 1. The second kappa shape index (κ2) is 6.74. The van der Waals surface area contributed by atoms with Crippen LogP contribution in [-0.4, -0.2) is 36.4 Å². The Morgan fingerprint density at radius 2 is 1.90 bits per heavy atom. The summed E-state index contributed by atoms with van der Waals surface area (Å²) in [6, 6.07) is -0.174. The van der Waals surface area contributed by atoms with E-state index in [1.54, 1.807) is 0 Å². The number of methoxy groups -OCH3 is 1. The number of esters is 1. The molecule has 1 saturated carbocycles. The number of rotatable bonds is 3. The Labute approximate surface area is 118 Å². The molecular formula is C14H22N2O4. The number of aliphatic hydroxyl groups is 1. The van der Waals surface area contributed by atoms with Crippen molar-refractivity contribution in [2.75, 3.05) is 7.11 Å². The van der Waals surface area contributed by atoms with Crippen LogP contribution in [-0.2, 0) is 9.53 Å². The zero-order chi connectivity index (χ0) is 14.5. The maximum absolute atomic E-state index is 11.9. The number of ether oxygens (including phenoxy) is 1. The van der Waals surface area contributed by atoms with Crippen LogP contribution in [0.3, 0.4) is 0 Å². The fraction of sp³-hybridized carbons (Fsp3) is 0.714. The fourth-order valence-electron chi connectivity index (χ4n) is 2.81. The normalized spacial score (nSPS) is 26.3. The third-order valence-electron chi connectivity index (χ3n) is 3.95. The molecule has 2 aliphatic rings. The van der Waals surface area contributed by atoms with E-state index in [0.717, 1.165) is 32.1 Å². The molecule has 6 heteroatoms. The lowest BCUT2D eigenvalue weighted by Gasteiger charge is -2.26. The van der Waals surface area contributed by atoms with E-state index < -0.39 is 0 Å². The number of urea groups is 1. The van der Waals surface area contributed by atoms with E-state index in [0.29, 0.717) is 24.1 Å². The van der Waals surface area contributed by atoms with Crippen LogP contribution >= 0.6 is 0 Å². The molecule has 20 heavy (non-hydrogen) atoms. The minimum atomic E-state index is -0.362. The van der Waals surface area contributed by atoms with Crippen LogP contribution in [0.15, 0.2) is 11.3 Å². The van der Waals surface area contributed by atoms with Crippen molar-refractivity contribution in [3.63, 3.8) is 0 Å². The molecule has 112 valence electrons. The fourth-order valence-corrected chi connectivity index (χ4v) is 2.81. The summed E-state index contributed by atoms with van der Waals surface area (Å²) in [5.41, 5.74) is 1.24. The molecule has 0 aromatic heterocycles. The van der Waals surface area contributed by atoms with Gasteiger partial charge in [-0.25, -0.2) is 9.59 Å². The van der Waals surface area contributed by atoms with Gasteiger partial charge in [0.05, 0.1) is 18.8 Å². The van der Waals surface area contributed by atoms with Crippen LogP contribution in [0.2, 0.25) is 0 Å². The zero-order valence-electron chi connectivity index (χ0n) is 11.8. The Morgan fingerprint density at radius 1 is 1.20 bits per heavy atom. The first-order chi connectivity index (χ1) is 9.60. The number of amides is 2. The highest BCUT2D eigenvalue weighted by molar-refractivity contribution is 5.91. The molecule has 1 fully saturated rings. The number of carbonyl (C=O) groups excluding carboxylic acids is 2. The van der Waals surface area contributed by atoms with Gasteiger partial charge in [-0.05, 0) is 44.9 Å². The van der Waals surface area contributed by atoms with Gasteiger partial charge in [-0.15, -0.1) is 0 Å². The van der Waals surface area contributed by atoms with E-state index in [2.05, 4.69) is 10.6 Å². The monoisotopic (exact) mass is 282 g/mol. The van der Waals surface area contributed by atoms with E-state index in [9.17, 15) is 14.7 Å². The molecule has 6 nitrogen and oxygen atoms in total. The standard InChI is InChI=1S/C14H22N2O4/c1-20-13(18)11-3-2-4-12(11)16-14(19)15-9-5-7-10(17)8-6-9/h9-10,17H,2-8H2,1H3,(H2,15,16,19). The van der Waals surface area contributed by atoms with E-state index >= 15 is 0 Å². The summed E-state index contributed by atoms with van der Waals surface area (Å²) in [6.07, 6.45) is 4.99. The van der Waals surface area contributed by atoms with Gasteiger partial charge in [-0.1, -0.05) is 0 Å². The molecule has 2 amide bonds. The smallest absolute Gasteiger partial charge is 0.335 e. The maximum atomic E-state index is 11.9. The summed E-state index contributed by atoms with van der Waals surface area (Å²) in [7, 11) is 1.35. The highest BCUT2D eigenvalue weighted by atomic mass is 16.5. The molecule has 0 bridgehead atoms. The van der Waals surface area contributed by atoms with E-state index in [4.69, 9.17) is 4.74 Å². The molecule has 0 aromatic carbocycles. The first-order valence-corrected chi connectivity index (χ1v) is 7.16. The van der Waals surface area contributed by atoms with Crippen molar-refractivity contribution < 1.29 is 19.4 Å². The van der Waals surface area contributed by atoms with Crippen LogP contribution in [0.1, 0.15) is 44.9 Å². The molecule has 0 radical (unpaired) electrons. The SMILES string of the molecule is COC(=O)C1=C(NC(=O)NC2CCC(O)CC2)CCC1. The van der Waals surface area contributed by atoms with Gasteiger partial charge in [0, 0.05) is 11.7 Å². The van der Waals surface area contributed by atoms with Crippen LogP contribution in [0, 0.1) is 0 Å². The molecule has 0 atom stereocenters. The summed E-state index contributed by atoms with van der Waals surface area (Å²) in [5, 5.41) is 15.1. The Kier molecular flexibility index (Phi) is 5.00. The van der Waals surface area contributed by atoms with Gasteiger partial charge in [0.15, 0.2) is 0 Å². The third-order valence-corrected chi connectivity index (χ3v) is 3.95. The van der Waals surface area contributed by atoms with Gasteiger partial charge in [0.25, 0.3) is 0 Å². The minimum absolute atomic E-state index is 0.0991. The number of carbonyl (C=O) groups is 2. The Morgan fingerprint density at radius 3 is 2.55 bits per heavy atom. The molecule has 0 aliphatic heterocycles. The van der Waals surface area contributed by atoms with Crippen LogP contribution in [0.25, 0.3) is 0 Å². The number of nitrogens with one attached hydrogen (secondary N) is 2. The summed E-state index contributed by atoms with van der Waals surface area (Å²) in [5.74, 6) is -0.362. The summed E-state index contributed by atoms with van der Waals surface area (Å²) < 4.78 is 4.71. The quantitative estimate of drug-likeness (QED) is 0.679. The van der Waals surface area contributed by atoms with E-state index in [1.807, 2.05) is 0 Å². The van der Waals surface area contributed by atoms with Gasteiger partial charge < -0.3 is 20.5 Å². The third kappa shape index (κ3) is 3.72. The van der Waals surface area contributed by atoms with Crippen LogP contribution in [0.5, 0.6) is 0 Å². The molecular weight excluding hydrogens is 260 g/mol. The first kappa shape index (κ1) is 14.8. The lowest BCUT2D eigenvalue weighted by Crippen LogP contribution is -2.44. The molecule has 2 aliphatic carbocycles. The molecule has 3 N–H and O–H groups in total. The molecule has 0 spiro atoms.